The topological polar surface area (TPSA) is 56.9 Å². The summed E-state index contributed by atoms with van der Waals surface area (Å²) in [7, 11) is 2.16. The van der Waals surface area contributed by atoms with Crippen molar-refractivity contribution < 1.29 is 0 Å². The fourth-order valence-electron chi connectivity index (χ4n) is 2.06. The van der Waals surface area contributed by atoms with Gasteiger partial charge in [-0.2, -0.15) is 0 Å². The molecule has 0 aromatic carbocycles. The Labute approximate surface area is 92.3 Å². The fourth-order valence-corrected chi connectivity index (χ4v) is 2.06. The number of guanidine groups is 1. The maximum atomic E-state index is 5.50. The van der Waals surface area contributed by atoms with Gasteiger partial charge in [-0.05, 0) is 33.9 Å². The highest BCUT2D eigenvalue weighted by Gasteiger charge is 2.21. The third-order valence-corrected chi connectivity index (χ3v) is 2.76. The molecule has 0 spiro atoms. The van der Waals surface area contributed by atoms with Gasteiger partial charge in [-0.3, -0.25) is 10.4 Å². The Kier molecular flexibility index (Phi) is 4.84. The van der Waals surface area contributed by atoms with Crippen LogP contribution in [0, 0.1) is 0 Å². The lowest BCUT2D eigenvalue weighted by Crippen LogP contribution is -2.50. The van der Waals surface area contributed by atoms with E-state index in [9.17, 15) is 0 Å². The summed E-state index contributed by atoms with van der Waals surface area (Å²) >= 11 is 0. The molecule has 1 atom stereocenters. The van der Waals surface area contributed by atoms with E-state index in [-0.39, 0.29) is 0 Å². The highest BCUT2D eigenvalue weighted by atomic mass is 15.4. The molecule has 0 aromatic rings. The quantitative estimate of drug-likeness (QED) is 0.275. The Morgan fingerprint density at radius 2 is 2.27 bits per heavy atom. The normalized spacial score (nSPS) is 25.2. The van der Waals surface area contributed by atoms with E-state index < -0.39 is 0 Å². The molecule has 0 bridgehead atoms. The van der Waals surface area contributed by atoms with Crippen molar-refractivity contribution in [3.05, 3.63) is 0 Å². The number of nitrogens with two attached hydrogens (primary N) is 1. The molecule has 3 N–H and O–H groups in total. The SMILES string of the molecule is CCN=C(NN)N1CCCN(C)CC1C. The van der Waals surface area contributed by atoms with Crippen molar-refractivity contribution in [3.8, 4) is 0 Å². The van der Waals surface area contributed by atoms with E-state index in [0.29, 0.717) is 6.04 Å². The van der Waals surface area contributed by atoms with Crippen molar-refractivity contribution in [2.24, 2.45) is 10.8 Å². The van der Waals surface area contributed by atoms with Crippen LogP contribution in [0.5, 0.6) is 0 Å². The first kappa shape index (κ1) is 12.3. The van der Waals surface area contributed by atoms with Gasteiger partial charge >= 0.3 is 0 Å². The van der Waals surface area contributed by atoms with Crippen molar-refractivity contribution in [2.45, 2.75) is 26.3 Å². The molecule has 5 nitrogen and oxygen atoms in total. The maximum absolute atomic E-state index is 5.50. The number of hydrogen-bond donors (Lipinski definition) is 2. The summed E-state index contributed by atoms with van der Waals surface area (Å²) in [4.78, 5) is 8.98. The molecule has 0 aromatic heterocycles. The molecule has 15 heavy (non-hydrogen) atoms. The van der Waals surface area contributed by atoms with Gasteiger partial charge in [0.15, 0.2) is 0 Å². The van der Waals surface area contributed by atoms with Gasteiger partial charge in [0.05, 0.1) is 0 Å². The van der Waals surface area contributed by atoms with Crippen LogP contribution in [-0.2, 0) is 0 Å². The monoisotopic (exact) mass is 213 g/mol. The smallest absolute Gasteiger partial charge is 0.208 e. The minimum atomic E-state index is 0.457. The van der Waals surface area contributed by atoms with Crippen molar-refractivity contribution >= 4 is 5.96 Å². The van der Waals surface area contributed by atoms with E-state index in [1.165, 1.54) is 0 Å². The van der Waals surface area contributed by atoms with E-state index in [1.54, 1.807) is 0 Å². The van der Waals surface area contributed by atoms with Gasteiger partial charge in [0.1, 0.15) is 0 Å². The molecule has 5 heteroatoms. The molecule has 0 radical (unpaired) electrons. The Hall–Kier alpha value is -0.810. The van der Waals surface area contributed by atoms with Gasteiger partial charge in [-0.1, -0.05) is 0 Å². The zero-order valence-corrected chi connectivity index (χ0v) is 10.0. The van der Waals surface area contributed by atoms with Crippen molar-refractivity contribution in [1.29, 1.82) is 0 Å². The Bertz CT molecular complexity index is 216. The zero-order chi connectivity index (χ0) is 11.3. The summed E-state index contributed by atoms with van der Waals surface area (Å²) < 4.78 is 0. The lowest BCUT2D eigenvalue weighted by molar-refractivity contribution is 0.280. The van der Waals surface area contributed by atoms with E-state index in [1.807, 2.05) is 6.92 Å². The van der Waals surface area contributed by atoms with Gasteiger partial charge in [-0.25, -0.2) is 5.84 Å². The Morgan fingerprint density at radius 1 is 1.53 bits per heavy atom. The zero-order valence-electron chi connectivity index (χ0n) is 10.0. The van der Waals surface area contributed by atoms with E-state index in [0.717, 1.165) is 38.6 Å². The summed E-state index contributed by atoms with van der Waals surface area (Å²) in [6, 6.07) is 0.457. The van der Waals surface area contributed by atoms with Crippen LogP contribution in [0.25, 0.3) is 0 Å². The van der Waals surface area contributed by atoms with Crippen LogP contribution in [0.1, 0.15) is 20.3 Å². The second-order valence-corrected chi connectivity index (χ2v) is 4.10. The lowest BCUT2D eigenvalue weighted by Gasteiger charge is -2.30. The molecule has 0 aliphatic carbocycles. The molecule has 1 aliphatic rings. The Morgan fingerprint density at radius 3 is 2.87 bits per heavy atom. The molecule has 88 valence electrons. The lowest BCUT2D eigenvalue weighted by atomic mass is 10.3. The summed E-state index contributed by atoms with van der Waals surface area (Å²) in [6.07, 6.45) is 1.16. The Balaban J connectivity index is 2.69. The maximum Gasteiger partial charge on any atom is 0.208 e. The van der Waals surface area contributed by atoms with Gasteiger partial charge in [0.2, 0.25) is 5.96 Å². The first-order valence-corrected chi connectivity index (χ1v) is 5.65. The minimum absolute atomic E-state index is 0.457. The molecule has 1 aliphatic heterocycles. The first-order valence-electron chi connectivity index (χ1n) is 5.65. The summed E-state index contributed by atoms with van der Waals surface area (Å²) in [5.74, 6) is 6.32. The van der Waals surface area contributed by atoms with Gasteiger partial charge < -0.3 is 9.80 Å². The summed E-state index contributed by atoms with van der Waals surface area (Å²) in [5, 5.41) is 0. The molecule has 0 amide bonds. The number of likely N-dealkylation sites (N-methyl/N-ethyl adjacent to an activating group) is 1. The number of aliphatic imine (C=N–C) groups is 1. The molecular weight excluding hydrogens is 190 g/mol. The van der Waals surface area contributed by atoms with Crippen LogP contribution in [0.2, 0.25) is 0 Å². The predicted octanol–water partition coefficient (Wildman–Crippen LogP) is -0.148. The minimum Gasteiger partial charge on any atom is -0.338 e. The van der Waals surface area contributed by atoms with Crippen molar-refractivity contribution in [1.82, 2.24) is 15.2 Å². The largest absolute Gasteiger partial charge is 0.338 e. The number of rotatable bonds is 1. The number of hydrogen-bond acceptors (Lipinski definition) is 3. The van der Waals surface area contributed by atoms with Crippen LogP contribution in [0.3, 0.4) is 0 Å². The van der Waals surface area contributed by atoms with Crippen LogP contribution >= 0.6 is 0 Å². The highest BCUT2D eigenvalue weighted by molar-refractivity contribution is 5.79. The fraction of sp³-hybridized carbons (Fsp3) is 0.900. The summed E-state index contributed by atoms with van der Waals surface area (Å²) in [6.45, 7) is 8.22. The van der Waals surface area contributed by atoms with E-state index in [2.05, 4.69) is 34.2 Å². The molecule has 1 fully saturated rings. The predicted molar refractivity (Wildman–Crippen MR) is 63.6 cm³/mol. The first-order chi connectivity index (χ1) is 7.19. The van der Waals surface area contributed by atoms with Crippen LogP contribution in [0.15, 0.2) is 4.99 Å². The van der Waals surface area contributed by atoms with E-state index in [4.69, 9.17) is 5.84 Å². The molecule has 0 saturated carbocycles. The highest BCUT2D eigenvalue weighted by Crippen LogP contribution is 2.08. The third kappa shape index (κ3) is 3.35. The average Bonchev–Trinajstić information content (AvgIpc) is 2.36. The van der Waals surface area contributed by atoms with Crippen LogP contribution in [0.4, 0.5) is 0 Å². The molecule has 1 unspecified atom stereocenters. The molecular formula is C10H23N5. The second kappa shape index (κ2) is 5.92. The van der Waals surface area contributed by atoms with Crippen LogP contribution < -0.4 is 11.3 Å². The van der Waals surface area contributed by atoms with Gasteiger partial charge in [-0.15, -0.1) is 0 Å². The second-order valence-electron chi connectivity index (χ2n) is 4.10. The van der Waals surface area contributed by atoms with Crippen LogP contribution in [-0.4, -0.2) is 55.0 Å². The molecule has 1 saturated heterocycles. The third-order valence-electron chi connectivity index (χ3n) is 2.76. The standard InChI is InChI=1S/C10H23N5/c1-4-12-10(13-11)15-7-5-6-14(3)8-9(15)2/h9H,4-8,11H2,1-3H3,(H,12,13). The van der Waals surface area contributed by atoms with Gasteiger partial charge in [0.25, 0.3) is 0 Å². The number of nitrogens with zero attached hydrogens (tertiary/aromatic N) is 3. The van der Waals surface area contributed by atoms with Gasteiger partial charge in [0, 0.05) is 25.7 Å². The van der Waals surface area contributed by atoms with E-state index >= 15 is 0 Å². The molecule has 1 heterocycles. The van der Waals surface area contributed by atoms with Crippen molar-refractivity contribution in [2.75, 3.05) is 33.2 Å². The number of nitrogens with one attached hydrogen (secondary N) is 1. The van der Waals surface area contributed by atoms with Crippen molar-refractivity contribution in [3.63, 3.8) is 0 Å². The number of hydrazine groups is 1. The average molecular weight is 213 g/mol. The summed E-state index contributed by atoms with van der Waals surface area (Å²) in [5.41, 5.74) is 2.70. The molecule has 1 rings (SSSR count).